The summed E-state index contributed by atoms with van der Waals surface area (Å²) in [5.74, 6) is -0.842. The van der Waals surface area contributed by atoms with Gasteiger partial charge < -0.3 is 14.4 Å². The van der Waals surface area contributed by atoms with E-state index in [1.165, 1.54) is 19.2 Å². The molecule has 6 heteroatoms. The van der Waals surface area contributed by atoms with Crippen molar-refractivity contribution in [2.45, 2.75) is 64.1 Å². The first kappa shape index (κ1) is 18.7. The Bertz CT molecular complexity index is 698. The summed E-state index contributed by atoms with van der Waals surface area (Å²) < 4.78 is 25.0. The molecular weight excluding hydrogens is 337 g/mol. The van der Waals surface area contributed by atoms with Gasteiger partial charge in [0.2, 0.25) is 0 Å². The Labute approximate surface area is 153 Å². The van der Waals surface area contributed by atoms with Crippen molar-refractivity contribution in [3.8, 4) is 5.75 Å². The average Bonchev–Trinajstić information content (AvgIpc) is 2.82. The Morgan fingerprint density at radius 1 is 1.15 bits per heavy atom. The van der Waals surface area contributed by atoms with Gasteiger partial charge >= 0.3 is 6.09 Å². The van der Waals surface area contributed by atoms with Crippen LogP contribution in [0.5, 0.6) is 5.75 Å². The zero-order valence-electron chi connectivity index (χ0n) is 15.8. The number of carbonyl (C=O) groups is 2. The number of carbonyl (C=O) groups excluding carboxylic acids is 2. The number of rotatable bonds is 3. The van der Waals surface area contributed by atoms with E-state index in [4.69, 9.17) is 9.47 Å². The largest absolute Gasteiger partial charge is 0.496 e. The van der Waals surface area contributed by atoms with E-state index < -0.39 is 11.4 Å². The number of amides is 1. The molecule has 0 spiro atoms. The Morgan fingerprint density at radius 3 is 2.31 bits per heavy atom. The SMILES string of the molecule is COc1cccc(F)c1C(=O)C1CC2CCC(C1)N2C(=O)OC(C)(C)C. The third-order valence-corrected chi connectivity index (χ3v) is 5.15. The number of methoxy groups -OCH3 is 1. The van der Waals surface area contributed by atoms with Gasteiger partial charge in [-0.3, -0.25) is 4.79 Å². The van der Waals surface area contributed by atoms with E-state index in [-0.39, 0.29) is 41.2 Å². The van der Waals surface area contributed by atoms with E-state index >= 15 is 0 Å². The number of piperidine rings is 1. The van der Waals surface area contributed by atoms with Crippen LogP contribution in [0, 0.1) is 11.7 Å². The van der Waals surface area contributed by atoms with Crippen LogP contribution in [0.15, 0.2) is 18.2 Å². The van der Waals surface area contributed by atoms with Crippen LogP contribution >= 0.6 is 0 Å². The van der Waals surface area contributed by atoms with Crippen molar-refractivity contribution in [2.24, 2.45) is 5.92 Å². The number of fused-ring (bicyclic) bond motifs is 2. The summed E-state index contributed by atoms with van der Waals surface area (Å²) in [6.07, 6.45) is 2.45. The Morgan fingerprint density at radius 2 is 1.77 bits per heavy atom. The van der Waals surface area contributed by atoms with Crippen LogP contribution in [0.4, 0.5) is 9.18 Å². The van der Waals surface area contributed by atoms with Gasteiger partial charge in [-0.1, -0.05) is 6.07 Å². The first-order valence-electron chi connectivity index (χ1n) is 9.09. The third-order valence-electron chi connectivity index (χ3n) is 5.15. The van der Waals surface area contributed by atoms with E-state index in [2.05, 4.69) is 0 Å². The van der Waals surface area contributed by atoms with Crippen molar-refractivity contribution >= 4 is 11.9 Å². The molecule has 0 N–H and O–H groups in total. The lowest BCUT2D eigenvalue weighted by molar-refractivity contribution is 0.00248. The average molecular weight is 363 g/mol. The van der Waals surface area contributed by atoms with Crippen molar-refractivity contribution < 1.29 is 23.5 Å². The summed E-state index contributed by atoms with van der Waals surface area (Å²) in [6, 6.07) is 4.34. The number of halogens is 1. The fourth-order valence-electron chi connectivity index (χ4n) is 4.12. The standard InChI is InChI=1S/C20H26FNO4/c1-20(2,3)26-19(24)22-13-8-9-14(22)11-12(10-13)18(23)17-15(21)6-5-7-16(17)25-4/h5-7,12-14H,8-11H2,1-4H3. The highest BCUT2D eigenvalue weighted by molar-refractivity contribution is 6.00. The minimum Gasteiger partial charge on any atom is -0.496 e. The topological polar surface area (TPSA) is 55.8 Å². The second-order valence-electron chi connectivity index (χ2n) is 8.12. The molecule has 3 rings (SSSR count). The molecule has 0 saturated carbocycles. The number of ether oxygens (including phenoxy) is 2. The normalized spacial score (nSPS) is 25.1. The minimum absolute atomic E-state index is 0.0186. The number of Topliss-reactive ketones (excluding diaryl/α,β-unsaturated/α-hetero) is 1. The lowest BCUT2D eigenvalue weighted by Crippen LogP contribution is -2.49. The molecule has 5 nitrogen and oxygen atoms in total. The van der Waals surface area contributed by atoms with Gasteiger partial charge in [0.05, 0.1) is 12.7 Å². The smallest absolute Gasteiger partial charge is 0.410 e. The summed E-state index contributed by atoms with van der Waals surface area (Å²) in [4.78, 5) is 27.3. The molecule has 2 saturated heterocycles. The summed E-state index contributed by atoms with van der Waals surface area (Å²) in [5, 5.41) is 0. The van der Waals surface area contributed by atoms with Gasteiger partial charge in [-0.2, -0.15) is 0 Å². The number of ketones is 1. The molecule has 2 fully saturated rings. The van der Waals surface area contributed by atoms with Gasteiger partial charge in [-0.25, -0.2) is 9.18 Å². The molecule has 2 atom stereocenters. The number of nitrogens with zero attached hydrogens (tertiary/aromatic N) is 1. The number of hydrogen-bond acceptors (Lipinski definition) is 4. The zero-order chi connectivity index (χ0) is 19.1. The van der Waals surface area contributed by atoms with E-state index in [1.54, 1.807) is 11.0 Å². The molecule has 142 valence electrons. The molecular formula is C20H26FNO4. The molecule has 2 bridgehead atoms. The molecule has 1 aromatic rings. The third kappa shape index (κ3) is 3.55. The summed E-state index contributed by atoms with van der Waals surface area (Å²) in [6.45, 7) is 5.52. The lowest BCUT2D eigenvalue weighted by atomic mass is 9.84. The fraction of sp³-hybridized carbons (Fsp3) is 0.600. The fourth-order valence-corrected chi connectivity index (χ4v) is 4.12. The monoisotopic (exact) mass is 363 g/mol. The first-order chi connectivity index (χ1) is 12.2. The highest BCUT2D eigenvalue weighted by Crippen LogP contribution is 2.41. The summed E-state index contributed by atoms with van der Waals surface area (Å²) in [7, 11) is 1.43. The molecule has 2 aliphatic heterocycles. The van der Waals surface area contributed by atoms with Crippen molar-refractivity contribution in [3.05, 3.63) is 29.6 Å². The molecule has 2 unspecified atom stereocenters. The highest BCUT2D eigenvalue weighted by Gasteiger charge is 2.47. The zero-order valence-corrected chi connectivity index (χ0v) is 15.8. The van der Waals surface area contributed by atoms with E-state index in [0.717, 1.165) is 12.8 Å². The van der Waals surface area contributed by atoms with Gasteiger partial charge in [0, 0.05) is 18.0 Å². The van der Waals surface area contributed by atoms with Crippen LogP contribution < -0.4 is 4.74 Å². The molecule has 1 amide bonds. The molecule has 0 aromatic heterocycles. The van der Waals surface area contributed by atoms with E-state index in [9.17, 15) is 14.0 Å². The highest BCUT2D eigenvalue weighted by atomic mass is 19.1. The maximum Gasteiger partial charge on any atom is 0.410 e. The molecule has 2 aliphatic rings. The predicted molar refractivity (Wildman–Crippen MR) is 94.9 cm³/mol. The van der Waals surface area contributed by atoms with Crippen LogP contribution in [0.3, 0.4) is 0 Å². The van der Waals surface area contributed by atoms with E-state index in [1.807, 2.05) is 20.8 Å². The van der Waals surface area contributed by atoms with Crippen molar-refractivity contribution in [1.82, 2.24) is 4.90 Å². The summed E-state index contributed by atoms with van der Waals surface area (Å²) >= 11 is 0. The quantitative estimate of drug-likeness (QED) is 0.756. The maximum atomic E-state index is 14.3. The molecule has 2 heterocycles. The minimum atomic E-state index is -0.559. The van der Waals surface area contributed by atoms with Gasteiger partial charge in [0.15, 0.2) is 5.78 Å². The predicted octanol–water partition coefficient (Wildman–Crippen LogP) is 4.20. The molecule has 0 radical (unpaired) electrons. The van der Waals surface area contributed by atoms with Crippen LogP contribution in [0.2, 0.25) is 0 Å². The Kier molecular flexibility index (Phi) is 4.95. The van der Waals surface area contributed by atoms with Gasteiger partial charge in [0.1, 0.15) is 17.2 Å². The van der Waals surface area contributed by atoms with Crippen molar-refractivity contribution in [1.29, 1.82) is 0 Å². The Balaban J connectivity index is 1.77. The van der Waals surface area contributed by atoms with Gasteiger partial charge in [0.25, 0.3) is 0 Å². The first-order valence-corrected chi connectivity index (χ1v) is 9.09. The van der Waals surface area contributed by atoms with E-state index in [0.29, 0.717) is 12.8 Å². The number of benzene rings is 1. The summed E-state index contributed by atoms with van der Waals surface area (Å²) in [5.41, 5.74) is -0.533. The van der Waals surface area contributed by atoms with Gasteiger partial charge in [-0.05, 0) is 58.6 Å². The molecule has 0 aliphatic carbocycles. The van der Waals surface area contributed by atoms with Crippen molar-refractivity contribution in [2.75, 3.05) is 7.11 Å². The van der Waals surface area contributed by atoms with Crippen LogP contribution in [0.1, 0.15) is 56.8 Å². The van der Waals surface area contributed by atoms with Crippen molar-refractivity contribution in [3.63, 3.8) is 0 Å². The number of hydrogen-bond donors (Lipinski definition) is 0. The van der Waals surface area contributed by atoms with Crippen LogP contribution in [0.25, 0.3) is 0 Å². The van der Waals surface area contributed by atoms with Crippen LogP contribution in [-0.2, 0) is 4.74 Å². The lowest BCUT2D eigenvalue weighted by Gasteiger charge is -2.39. The second-order valence-corrected chi connectivity index (χ2v) is 8.12. The van der Waals surface area contributed by atoms with Crippen LogP contribution in [-0.4, -0.2) is 41.6 Å². The van der Waals surface area contributed by atoms with Gasteiger partial charge in [-0.15, -0.1) is 0 Å². The molecule has 26 heavy (non-hydrogen) atoms. The Hall–Kier alpha value is -2.11. The maximum absolute atomic E-state index is 14.3. The second kappa shape index (κ2) is 6.89. The molecule has 1 aromatic carbocycles.